The second-order valence-corrected chi connectivity index (χ2v) is 8.08. The highest BCUT2D eigenvalue weighted by Crippen LogP contribution is 2.17. The van der Waals surface area contributed by atoms with Crippen molar-refractivity contribution in [3.8, 4) is 0 Å². The normalized spacial score (nSPS) is 15.0. The van der Waals surface area contributed by atoms with E-state index in [2.05, 4.69) is 56.4 Å². The van der Waals surface area contributed by atoms with Crippen LogP contribution in [0, 0.1) is 13.8 Å². The zero-order valence-electron chi connectivity index (χ0n) is 16.7. The van der Waals surface area contributed by atoms with Crippen molar-refractivity contribution in [3.05, 3.63) is 41.5 Å². The number of carbonyl (C=O) groups excluding carboxylic acids is 1. The molecule has 28 heavy (non-hydrogen) atoms. The van der Waals surface area contributed by atoms with Crippen LogP contribution in [-0.4, -0.2) is 66.0 Å². The molecule has 7 nitrogen and oxygen atoms in total. The largest absolute Gasteiger partial charge is 0.369 e. The molecule has 1 aromatic carbocycles. The van der Waals surface area contributed by atoms with Crippen LogP contribution in [0.2, 0.25) is 0 Å². The van der Waals surface area contributed by atoms with Gasteiger partial charge in [-0.2, -0.15) is 4.98 Å². The fourth-order valence-corrected chi connectivity index (χ4v) is 3.96. The molecule has 1 aromatic heterocycles. The summed E-state index contributed by atoms with van der Waals surface area (Å²) in [7, 11) is 0. The quantitative estimate of drug-likeness (QED) is 0.644. The molecule has 1 saturated heterocycles. The first-order chi connectivity index (χ1) is 13.6. The maximum atomic E-state index is 11.9. The van der Waals surface area contributed by atoms with Crippen molar-refractivity contribution in [2.75, 3.05) is 49.9 Å². The Bertz CT molecular complexity index is 759. The molecule has 1 fully saturated rings. The molecule has 0 unspecified atom stereocenters. The molecule has 3 rings (SSSR count). The van der Waals surface area contributed by atoms with Crippen LogP contribution in [0.3, 0.4) is 0 Å². The number of hydrogen-bond acceptors (Lipinski definition) is 7. The van der Waals surface area contributed by atoms with E-state index < -0.39 is 0 Å². The summed E-state index contributed by atoms with van der Waals surface area (Å²) in [5.41, 5.74) is 2.63. The Hall–Kier alpha value is -2.06. The highest BCUT2D eigenvalue weighted by atomic mass is 32.2. The number of aromatic nitrogens is 2. The van der Waals surface area contributed by atoms with Crippen LogP contribution in [0.4, 0.5) is 5.69 Å². The van der Waals surface area contributed by atoms with E-state index in [0.29, 0.717) is 23.2 Å². The summed E-state index contributed by atoms with van der Waals surface area (Å²) in [6, 6.07) is 8.71. The minimum Gasteiger partial charge on any atom is -0.369 e. The minimum absolute atomic E-state index is 0.0643. The number of thioether (sulfide) groups is 1. The summed E-state index contributed by atoms with van der Waals surface area (Å²) in [5, 5.41) is 6.81. The van der Waals surface area contributed by atoms with E-state index in [-0.39, 0.29) is 5.91 Å². The number of nitrogens with zero attached hydrogens (tertiary/aromatic N) is 4. The predicted molar refractivity (Wildman–Crippen MR) is 113 cm³/mol. The average molecular weight is 404 g/mol. The molecule has 0 aliphatic carbocycles. The molecule has 1 amide bonds. The lowest BCUT2D eigenvalue weighted by molar-refractivity contribution is -0.118. The minimum atomic E-state index is 0.0643. The van der Waals surface area contributed by atoms with Gasteiger partial charge in [0, 0.05) is 45.3 Å². The Kier molecular flexibility index (Phi) is 7.73. The summed E-state index contributed by atoms with van der Waals surface area (Å²) in [4.78, 5) is 21.0. The van der Waals surface area contributed by atoms with Gasteiger partial charge in [-0.3, -0.25) is 9.69 Å². The van der Waals surface area contributed by atoms with E-state index in [1.54, 1.807) is 6.92 Å². The third kappa shape index (κ3) is 6.53. The van der Waals surface area contributed by atoms with Crippen molar-refractivity contribution in [2.45, 2.75) is 26.0 Å². The number of hydrogen-bond donors (Lipinski definition) is 1. The zero-order valence-corrected chi connectivity index (χ0v) is 17.5. The van der Waals surface area contributed by atoms with E-state index in [1.165, 1.54) is 23.0 Å². The van der Waals surface area contributed by atoms with Gasteiger partial charge in [0.15, 0.2) is 5.82 Å². The number of anilines is 1. The molecule has 0 bridgehead atoms. The SMILES string of the molecule is Cc1cccc(N2CCN(CCCNC(=O)CSCc3noc(C)n3)CC2)c1. The number of nitrogens with one attached hydrogen (secondary N) is 1. The van der Waals surface area contributed by atoms with E-state index >= 15 is 0 Å². The first-order valence-electron chi connectivity index (χ1n) is 9.78. The molecule has 2 heterocycles. The van der Waals surface area contributed by atoms with Gasteiger partial charge in [0.1, 0.15) is 0 Å². The predicted octanol–water partition coefficient (Wildman–Crippen LogP) is 2.25. The maximum Gasteiger partial charge on any atom is 0.230 e. The molecule has 8 heteroatoms. The Labute approximate surface area is 170 Å². The van der Waals surface area contributed by atoms with Gasteiger partial charge in [0.2, 0.25) is 11.8 Å². The fourth-order valence-electron chi connectivity index (χ4n) is 3.27. The van der Waals surface area contributed by atoms with Crippen molar-refractivity contribution in [1.82, 2.24) is 20.4 Å². The van der Waals surface area contributed by atoms with E-state index in [1.807, 2.05) is 0 Å². The Morgan fingerprint density at radius 3 is 2.79 bits per heavy atom. The van der Waals surface area contributed by atoms with Gasteiger partial charge in [-0.1, -0.05) is 17.3 Å². The summed E-state index contributed by atoms with van der Waals surface area (Å²) in [6.45, 7) is 9.90. The average Bonchev–Trinajstić information content (AvgIpc) is 3.11. The molecular formula is C20H29N5O2S. The number of benzene rings is 1. The smallest absolute Gasteiger partial charge is 0.230 e. The van der Waals surface area contributed by atoms with E-state index in [9.17, 15) is 4.79 Å². The van der Waals surface area contributed by atoms with Crippen LogP contribution in [0.15, 0.2) is 28.8 Å². The van der Waals surface area contributed by atoms with Gasteiger partial charge < -0.3 is 14.7 Å². The van der Waals surface area contributed by atoms with Crippen molar-refractivity contribution in [3.63, 3.8) is 0 Å². The molecule has 0 saturated carbocycles. The Morgan fingerprint density at radius 1 is 1.25 bits per heavy atom. The standard InChI is InChI=1S/C20H29N5O2S/c1-16-5-3-6-18(13-16)25-11-9-24(10-12-25)8-4-7-21-20(26)15-28-14-19-22-17(2)27-23-19/h3,5-6,13H,4,7-12,14-15H2,1-2H3,(H,21,26). The first kappa shape index (κ1) is 20.7. The highest BCUT2D eigenvalue weighted by Gasteiger charge is 2.16. The van der Waals surface area contributed by atoms with Crippen LogP contribution in [0.1, 0.15) is 23.7 Å². The number of rotatable bonds is 9. The maximum absolute atomic E-state index is 11.9. The summed E-state index contributed by atoms with van der Waals surface area (Å²) in [5.74, 6) is 2.27. The zero-order chi connectivity index (χ0) is 19.8. The van der Waals surface area contributed by atoms with Gasteiger partial charge in [-0.25, -0.2) is 0 Å². The van der Waals surface area contributed by atoms with Crippen molar-refractivity contribution >= 4 is 23.4 Å². The topological polar surface area (TPSA) is 74.5 Å². The molecule has 1 N–H and O–H groups in total. The number of amides is 1. The summed E-state index contributed by atoms with van der Waals surface area (Å²) in [6.07, 6.45) is 0.977. The molecule has 1 aliphatic rings. The second kappa shape index (κ2) is 10.5. The first-order valence-corrected chi connectivity index (χ1v) is 10.9. The monoisotopic (exact) mass is 403 g/mol. The highest BCUT2D eigenvalue weighted by molar-refractivity contribution is 7.99. The van der Waals surface area contributed by atoms with Crippen LogP contribution in [0.25, 0.3) is 0 Å². The third-order valence-corrected chi connectivity index (χ3v) is 5.67. The van der Waals surface area contributed by atoms with E-state index in [0.717, 1.165) is 45.7 Å². The molecule has 152 valence electrons. The van der Waals surface area contributed by atoms with Gasteiger partial charge >= 0.3 is 0 Å². The number of piperazine rings is 1. The lowest BCUT2D eigenvalue weighted by atomic mass is 10.2. The van der Waals surface area contributed by atoms with Crippen LogP contribution in [0.5, 0.6) is 0 Å². The second-order valence-electron chi connectivity index (χ2n) is 7.09. The van der Waals surface area contributed by atoms with Gasteiger partial charge in [0.25, 0.3) is 0 Å². The number of carbonyl (C=O) groups is 1. The van der Waals surface area contributed by atoms with Crippen molar-refractivity contribution in [2.24, 2.45) is 0 Å². The number of aryl methyl sites for hydroxylation is 2. The van der Waals surface area contributed by atoms with Gasteiger partial charge in [-0.05, 0) is 37.6 Å². The van der Waals surface area contributed by atoms with Crippen molar-refractivity contribution in [1.29, 1.82) is 0 Å². The van der Waals surface area contributed by atoms with Gasteiger partial charge in [0.05, 0.1) is 11.5 Å². The van der Waals surface area contributed by atoms with Crippen LogP contribution in [-0.2, 0) is 10.5 Å². The molecule has 0 atom stereocenters. The van der Waals surface area contributed by atoms with Crippen LogP contribution < -0.4 is 10.2 Å². The fraction of sp³-hybridized carbons (Fsp3) is 0.550. The molecule has 1 aliphatic heterocycles. The Balaban J connectivity index is 1.24. The molecule has 0 radical (unpaired) electrons. The lowest BCUT2D eigenvalue weighted by Crippen LogP contribution is -2.47. The third-order valence-electron chi connectivity index (χ3n) is 4.75. The summed E-state index contributed by atoms with van der Waals surface area (Å²) < 4.78 is 4.91. The van der Waals surface area contributed by atoms with E-state index in [4.69, 9.17) is 4.52 Å². The van der Waals surface area contributed by atoms with Crippen molar-refractivity contribution < 1.29 is 9.32 Å². The van der Waals surface area contributed by atoms with Crippen LogP contribution >= 0.6 is 11.8 Å². The molecular weight excluding hydrogens is 374 g/mol. The molecule has 2 aromatic rings. The summed E-state index contributed by atoms with van der Waals surface area (Å²) >= 11 is 1.50. The van der Waals surface area contributed by atoms with Gasteiger partial charge in [-0.15, -0.1) is 11.8 Å². The lowest BCUT2D eigenvalue weighted by Gasteiger charge is -2.36. The Morgan fingerprint density at radius 2 is 2.07 bits per heavy atom. The molecule has 0 spiro atoms.